The molecule has 3 heterocycles. The number of hydrogen-bond acceptors (Lipinski definition) is 5. The van der Waals surface area contributed by atoms with Crippen molar-refractivity contribution in [3.63, 3.8) is 0 Å². The Kier molecular flexibility index (Phi) is 4.58. The fourth-order valence-corrected chi connectivity index (χ4v) is 3.65. The molecule has 1 aromatic rings. The van der Waals surface area contributed by atoms with Gasteiger partial charge in [-0.15, -0.1) is 0 Å². The van der Waals surface area contributed by atoms with Gasteiger partial charge >= 0.3 is 0 Å². The number of nitrogens with zero attached hydrogens (tertiary/aromatic N) is 3. The lowest BCUT2D eigenvalue weighted by Crippen LogP contribution is -2.41. The minimum Gasteiger partial charge on any atom is -0.478 e. The van der Waals surface area contributed by atoms with E-state index in [1.165, 1.54) is 32.2 Å². The zero-order valence-corrected chi connectivity index (χ0v) is 13.1. The molecule has 0 saturated carbocycles. The van der Waals surface area contributed by atoms with Crippen molar-refractivity contribution in [3.05, 3.63) is 11.9 Å². The van der Waals surface area contributed by atoms with Crippen molar-refractivity contribution in [2.75, 3.05) is 31.1 Å². The number of aromatic nitrogens is 2. The van der Waals surface area contributed by atoms with E-state index in [1.54, 1.807) is 6.33 Å². The van der Waals surface area contributed by atoms with E-state index in [4.69, 9.17) is 4.74 Å². The average Bonchev–Trinajstić information content (AvgIpc) is 3.04. The molecule has 0 spiro atoms. The summed E-state index contributed by atoms with van der Waals surface area (Å²) in [6.07, 6.45) is 6.83. The molecule has 5 nitrogen and oxygen atoms in total. The Balaban J connectivity index is 1.65. The van der Waals surface area contributed by atoms with Crippen LogP contribution < -0.4 is 15.0 Å². The maximum atomic E-state index is 5.58. The third kappa shape index (κ3) is 3.12. The maximum Gasteiger partial charge on any atom is 0.221 e. The Morgan fingerprint density at radius 3 is 2.76 bits per heavy atom. The van der Waals surface area contributed by atoms with Gasteiger partial charge in [-0.05, 0) is 52.0 Å². The van der Waals surface area contributed by atoms with Crippen molar-refractivity contribution in [3.8, 4) is 5.88 Å². The largest absolute Gasteiger partial charge is 0.478 e. The van der Waals surface area contributed by atoms with E-state index >= 15 is 0 Å². The molecule has 0 aromatic carbocycles. The highest BCUT2D eigenvalue weighted by molar-refractivity contribution is 5.50. The van der Waals surface area contributed by atoms with Crippen LogP contribution in [0.2, 0.25) is 0 Å². The normalized spacial score (nSPS) is 23.5. The lowest BCUT2D eigenvalue weighted by atomic mass is 9.88. The smallest absolute Gasteiger partial charge is 0.221 e. The van der Waals surface area contributed by atoms with E-state index in [1.807, 2.05) is 6.92 Å². The van der Waals surface area contributed by atoms with Gasteiger partial charge in [-0.2, -0.15) is 0 Å². The number of rotatable bonds is 4. The predicted molar refractivity (Wildman–Crippen MR) is 83.9 cm³/mol. The quantitative estimate of drug-likeness (QED) is 0.921. The Morgan fingerprint density at radius 2 is 2.10 bits per heavy atom. The van der Waals surface area contributed by atoms with E-state index in [0.717, 1.165) is 42.3 Å². The van der Waals surface area contributed by atoms with Crippen LogP contribution in [0.3, 0.4) is 0 Å². The number of ether oxygens (including phenoxy) is 1. The number of nitrogens with one attached hydrogen (secondary N) is 1. The second kappa shape index (κ2) is 6.60. The SMILES string of the molecule is CCOc1ncnc(N2CCC(C3CCCN3)CC2)c1C. The first-order chi connectivity index (χ1) is 10.3. The molecule has 0 bridgehead atoms. The molecule has 1 unspecified atom stereocenters. The zero-order chi connectivity index (χ0) is 14.7. The lowest BCUT2D eigenvalue weighted by molar-refractivity contribution is 0.314. The minimum atomic E-state index is 0.646. The van der Waals surface area contributed by atoms with Crippen LogP contribution in [0.5, 0.6) is 5.88 Å². The van der Waals surface area contributed by atoms with Gasteiger partial charge in [0.25, 0.3) is 0 Å². The summed E-state index contributed by atoms with van der Waals surface area (Å²) in [6.45, 7) is 8.07. The molecule has 0 radical (unpaired) electrons. The molecule has 1 aromatic heterocycles. The molecule has 0 amide bonds. The van der Waals surface area contributed by atoms with Gasteiger partial charge in [0.2, 0.25) is 5.88 Å². The second-order valence-electron chi connectivity index (χ2n) is 6.09. The van der Waals surface area contributed by atoms with E-state index in [9.17, 15) is 0 Å². The highest BCUT2D eigenvalue weighted by Crippen LogP contribution is 2.30. The molecular weight excluding hydrogens is 264 g/mol. The van der Waals surface area contributed by atoms with Crippen LogP contribution in [-0.4, -0.2) is 42.3 Å². The predicted octanol–water partition coefficient (Wildman–Crippen LogP) is 2.15. The lowest BCUT2D eigenvalue weighted by Gasteiger charge is -2.36. The number of hydrogen-bond donors (Lipinski definition) is 1. The van der Waals surface area contributed by atoms with Crippen molar-refractivity contribution in [2.24, 2.45) is 5.92 Å². The molecule has 1 atom stereocenters. The summed E-state index contributed by atoms with van der Waals surface area (Å²) in [5.74, 6) is 2.60. The van der Waals surface area contributed by atoms with Crippen molar-refractivity contribution in [2.45, 2.75) is 45.6 Å². The monoisotopic (exact) mass is 290 g/mol. The van der Waals surface area contributed by atoms with Gasteiger partial charge in [-0.25, -0.2) is 9.97 Å². The van der Waals surface area contributed by atoms with Gasteiger partial charge in [0.1, 0.15) is 12.1 Å². The van der Waals surface area contributed by atoms with Crippen molar-refractivity contribution in [1.29, 1.82) is 0 Å². The van der Waals surface area contributed by atoms with Crippen LogP contribution in [0.15, 0.2) is 6.33 Å². The van der Waals surface area contributed by atoms with Crippen LogP contribution in [0.4, 0.5) is 5.82 Å². The summed E-state index contributed by atoms with van der Waals surface area (Å²) in [4.78, 5) is 11.1. The maximum absolute atomic E-state index is 5.58. The fourth-order valence-electron chi connectivity index (χ4n) is 3.65. The Hall–Kier alpha value is -1.36. The standard InChI is InChI=1S/C16H26N4O/c1-3-21-16-12(2)15(18-11-19-16)20-9-6-13(7-10-20)14-5-4-8-17-14/h11,13-14,17H,3-10H2,1-2H3. The van der Waals surface area contributed by atoms with E-state index in [2.05, 4.69) is 27.1 Å². The van der Waals surface area contributed by atoms with Gasteiger partial charge in [-0.1, -0.05) is 0 Å². The van der Waals surface area contributed by atoms with Crippen molar-refractivity contribution >= 4 is 5.82 Å². The molecule has 21 heavy (non-hydrogen) atoms. The number of anilines is 1. The van der Waals surface area contributed by atoms with Crippen LogP contribution in [0.25, 0.3) is 0 Å². The fraction of sp³-hybridized carbons (Fsp3) is 0.750. The van der Waals surface area contributed by atoms with Crippen LogP contribution >= 0.6 is 0 Å². The van der Waals surface area contributed by atoms with Gasteiger partial charge < -0.3 is 15.0 Å². The van der Waals surface area contributed by atoms with Crippen molar-refractivity contribution < 1.29 is 4.74 Å². The van der Waals surface area contributed by atoms with E-state index < -0.39 is 0 Å². The third-order valence-corrected chi connectivity index (χ3v) is 4.80. The van der Waals surface area contributed by atoms with Gasteiger partial charge in [-0.3, -0.25) is 0 Å². The number of piperidine rings is 1. The van der Waals surface area contributed by atoms with E-state index in [-0.39, 0.29) is 0 Å². The molecule has 0 aliphatic carbocycles. The summed E-state index contributed by atoms with van der Waals surface area (Å²) >= 11 is 0. The molecule has 5 heteroatoms. The first-order valence-electron chi connectivity index (χ1n) is 8.22. The van der Waals surface area contributed by atoms with Gasteiger partial charge in [0, 0.05) is 19.1 Å². The average molecular weight is 290 g/mol. The highest BCUT2D eigenvalue weighted by atomic mass is 16.5. The molecule has 116 valence electrons. The Bertz CT molecular complexity index is 465. The van der Waals surface area contributed by atoms with E-state index in [0.29, 0.717) is 6.61 Å². The molecule has 3 rings (SSSR count). The molecule has 1 N–H and O–H groups in total. The zero-order valence-electron chi connectivity index (χ0n) is 13.1. The summed E-state index contributed by atoms with van der Waals surface area (Å²) in [5, 5.41) is 3.65. The summed E-state index contributed by atoms with van der Waals surface area (Å²) in [6, 6.07) is 0.748. The third-order valence-electron chi connectivity index (χ3n) is 4.80. The summed E-state index contributed by atoms with van der Waals surface area (Å²) in [5.41, 5.74) is 1.07. The highest BCUT2D eigenvalue weighted by Gasteiger charge is 2.29. The molecule has 2 fully saturated rings. The minimum absolute atomic E-state index is 0.646. The van der Waals surface area contributed by atoms with Gasteiger partial charge in [0.15, 0.2) is 0 Å². The summed E-state index contributed by atoms with van der Waals surface area (Å²) in [7, 11) is 0. The molecule has 2 aliphatic heterocycles. The molecular formula is C16H26N4O. The van der Waals surface area contributed by atoms with Crippen molar-refractivity contribution in [1.82, 2.24) is 15.3 Å². The van der Waals surface area contributed by atoms with Crippen LogP contribution in [-0.2, 0) is 0 Å². The van der Waals surface area contributed by atoms with Crippen LogP contribution in [0.1, 0.15) is 38.2 Å². The Morgan fingerprint density at radius 1 is 1.29 bits per heavy atom. The summed E-state index contributed by atoms with van der Waals surface area (Å²) < 4.78 is 5.58. The molecule has 2 aliphatic rings. The molecule has 2 saturated heterocycles. The topological polar surface area (TPSA) is 50.3 Å². The van der Waals surface area contributed by atoms with Gasteiger partial charge in [0.05, 0.1) is 12.2 Å². The first kappa shape index (κ1) is 14.6. The first-order valence-corrected chi connectivity index (χ1v) is 8.22. The van der Waals surface area contributed by atoms with Crippen LogP contribution in [0, 0.1) is 12.8 Å². The second-order valence-corrected chi connectivity index (χ2v) is 6.09. The Labute approximate surface area is 127 Å².